The van der Waals surface area contributed by atoms with E-state index in [1.165, 1.54) is 16.7 Å². The quantitative estimate of drug-likeness (QED) is 0.880. The number of hydrogen-bond acceptors (Lipinski definition) is 1. The van der Waals surface area contributed by atoms with Crippen LogP contribution in [-0.4, -0.2) is 7.05 Å². The number of hydrogen-bond donors (Lipinski definition) is 1. The molecule has 0 saturated heterocycles. The predicted molar refractivity (Wildman–Crippen MR) is 80.4 cm³/mol. The second-order valence-corrected chi connectivity index (χ2v) is 4.44. The topological polar surface area (TPSA) is 12.0 Å². The molecule has 96 valence electrons. The molecule has 0 aromatic heterocycles. The maximum Gasteiger partial charge on any atom is 0.0358 e. The molecule has 0 spiro atoms. The Hall–Kier alpha value is -1.31. The van der Waals surface area contributed by atoms with Crippen LogP contribution in [0.4, 0.5) is 0 Å². The van der Waals surface area contributed by atoms with E-state index < -0.39 is 0 Å². The van der Waals surface area contributed by atoms with Crippen LogP contribution in [0.5, 0.6) is 0 Å². The summed E-state index contributed by atoms with van der Waals surface area (Å²) >= 11 is 0. The van der Waals surface area contributed by atoms with Crippen LogP contribution in [0.2, 0.25) is 0 Å². The summed E-state index contributed by atoms with van der Waals surface area (Å²) < 4.78 is 0. The highest BCUT2D eigenvalue weighted by atomic mass is 35.5. The molecule has 0 fully saturated rings. The van der Waals surface area contributed by atoms with Gasteiger partial charge in [0.25, 0.3) is 0 Å². The van der Waals surface area contributed by atoms with E-state index in [4.69, 9.17) is 0 Å². The monoisotopic (exact) mass is 261 g/mol. The van der Waals surface area contributed by atoms with E-state index in [1.807, 2.05) is 7.05 Å². The van der Waals surface area contributed by atoms with E-state index in [0.29, 0.717) is 6.04 Å². The molecule has 1 N–H and O–H groups in total. The SMILES string of the molecule is CNC(Cc1ccccc1)c1ccc(C)cc1.Cl. The molecule has 2 rings (SSSR count). The lowest BCUT2D eigenvalue weighted by Gasteiger charge is -2.17. The van der Waals surface area contributed by atoms with Crippen LogP contribution in [0.3, 0.4) is 0 Å². The van der Waals surface area contributed by atoms with Gasteiger partial charge in [0.15, 0.2) is 0 Å². The number of rotatable bonds is 4. The molecular weight excluding hydrogens is 242 g/mol. The van der Waals surface area contributed by atoms with Crippen molar-refractivity contribution in [2.75, 3.05) is 7.05 Å². The van der Waals surface area contributed by atoms with Gasteiger partial charge in [0, 0.05) is 6.04 Å². The molecule has 0 aliphatic heterocycles. The average Bonchev–Trinajstić information content (AvgIpc) is 2.38. The third-order valence-electron chi connectivity index (χ3n) is 3.11. The van der Waals surface area contributed by atoms with Crippen molar-refractivity contribution in [1.82, 2.24) is 5.32 Å². The van der Waals surface area contributed by atoms with Gasteiger partial charge in [0.05, 0.1) is 0 Å². The average molecular weight is 262 g/mol. The van der Waals surface area contributed by atoms with E-state index in [9.17, 15) is 0 Å². The molecule has 1 unspecified atom stereocenters. The fourth-order valence-corrected chi connectivity index (χ4v) is 2.04. The van der Waals surface area contributed by atoms with Crippen molar-refractivity contribution in [2.24, 2.45) is 0 Å². The lowest BCUT2D eigenvalue weighted by atomic mass is 9.98. The second-order valence-electron chi connectivity index (χ2n) is 4.44. The van der Waals surface area contributed by atoms with Crippen LogP contribution in [0.25, 0.3) is 0 Å². The Labute approximate surface area is 116 Å². The highest BCUT2D eigenvalue weighted by molar-refractivity contribution is 5.85. The third-order valence-corrected chi connectivity index (χ3v) is 3.11. The van der Waals surface area contributed by atoms with Crippen LogP contribution in [0.15, 0.2) is 54.6 Å². The molecule has 0 radical (unpaired) electrons. The van der Waals surface area contributed by atoms with Crippen LogP contribution in [-0.2, 0) is 6.42 Å². The zero-order valence-corrected chi connectivity index (χ0v) is 11.7. The minimum atomic E-state index is 0. The van der Waals surface area contributed by atoms with Crippen molar-refractivity contribution in [3.8, 4) is 0 Å². The predicted octanol–water partition coefficient (Wildman–Crippen LogP) is 3.92. The largest absolute Gasteiger partial charge is 0.313 e. The molecule has 0 bridgehead atoms. The summed E-state index contributed by atoms with van der Waals surface area (Å²) in [5.74, 6) is 0. The molecule has 1 atom stereocenters. The minimum absolute atomic E-state index is 0. The molecular formula is C16H20ClN. The van der Waals surface area contributed by atoms with Gasteiger partial charge in [-0.2, -0.15) is 0 Å². The first-order valence-electron chi connectivity index (χ1n) is 6.07. The van der Waals surface area contributed by atoms with Gasteiger partial charge in [-0.3, -0.25) is 0 Å². The number of aryl methyl sites for hydroxylation is 1. The first-order valence-corrected chi connectivity index (χ1v) is 6.07. The Morgan fingerprint density at radius 3 is 2.11 bits per heavy atom. The van der Waals surface area contributed by atoms with Gasteiger partial charge in [-0.15, -0.1) is 12.4 Å². The smallest absolute Gasteiger partial charge is 0.0358 e. The molecule has 0 saturated carbocycles. The van der Waals surface area contributed by atoms with Crippen molar-refractivity contribution in [3.05, 3.63) is 71.3 Å². The Morgan fingerprint density at radius 1 is 0.944 bits per heavy atom. The van der Waals surface area contributed by atoms with Gasteiger partial charge in [-0.25, -0.2) is 0 Å². The summed E-state index contributed by atoms with van der Waals surface area (Å²) in [6.45, 7) is 2.12. The molecule has 18 heavy (non-hydrogen) atoms. The summed E-state index contributed by atoms with van der Waals surface area (Å²) in [6, 6.07) is 19.8. The third kappa shape index (κ3) is 3.86. The summed E-state index contributed by atoms with van der Waals surface area (Å²) in [7, 11) is 2.02. The maximum absolute atomic E-state index is 3.39. The summed E-state index contributed by atoms with van der Waals surface area (Å²) in [5, 5.41) is 3.39. The Kier molecular flexibility index (Phi) is 5.90. The van der Waals surface area contributed by atoms with Gasteiger partial charge in [0.1, 0.15) is 0 Å². The fraction of sp³-hybridized carbons (Fsp3) is 0.250. The second kappa shape index (κ2) is 7.20. The van der Waals surface area contributed by atoms with Crippen LogP contribution < -0.4 is 5.32 Å². The van der Waals surface area contributed by atoms with Crippen molar-refractivity contribution >= 4 is 12.4 Å². The fourth-order valence-electron chi connectivity index (χ4n) is 2.04. The van der Waals surface area contributed by atoms with Gasteiger partial charge in [-0.05, 0) is 31.5 Å². The van der Waals surface area contributed by atoms with Crippen molar-refractivity contribution < 1.29 is 0 Å². The lowest BCUT2D eigenvalue weighted by Crippen LogP contribution is -2.18. The normalized spacial score (nSPS) is 11.7. The van der Waals surface area contributed by atoms with Gasteiger partial charge in [-0.1, -0.05) is 60.2 Å². The number of halogens is 1. The Morgan fingerprint density at radius 2 is 1.56 bits per heavy atom. The highest BCUT2D eigenvalue weighted by Crippen LogP contribution is 2.18. The van der Waals surface area contributed by atoms with E-state index >= 15 is 0 Å². The summed E-state index contributed by atoms with van der Waals surface area (Å²) in [4.78, 5) is 0. The number of likely N-dealkylation sites (N-methyl/N-ethyl adjacent to an activating group) is 1. The van der Waals surface area contributed by atoms with E-state index in [2.05, 4.69) is 66.8 Å². The van der Waals surface area contributed by atoms with E-state index in [-0.39, 0.29) is 12.4 Å². The van der Waals surface area contributed by atoms with Crippen molar-refractivity contribution in [1.29, 1.82) is 0 Å². The van der Waals surface area contributed by atoms with Crippen LogP contribution in [0, 0.1) is 6.92 Å². The molecule has 0 aliphatic rings. The van der Waals surface area contributed by atoms with Gasteiger partial charge in [0.2, 0.25) is 0 Å². The highest BCUT2D eigenvalue weighted by Gasteiger charge is 2.09. The van der Waals surface area contributed by atoms with E-state index in [0.717, 1.165) is 6.42 Å². The molecule has 0 amide bonds. The van der Waals surface area contributed by atoms with Crippen molar-refractivity contribution in [2.45, 2.75) is 19.4 Å². The zero-order chi connectivity index (χ0) is 12.1. The molecule has 2 aromatic carbocycles. The molecule has 2 heteroatoms. The molecule has 0 heterocycles. The van der Waals surface area contributed by atoms with Gasteiger partial charge >= 0.3 is 0 Å². The molecule has 2 aromatic rings. The first kappa shape index (κ1) is 14.7. The summed E-state index contributed by atoms with van der Waals surface area (Å²) in [6.07, 6.45) is 1.03. The Bertz CT molecular complexity index is 450. The van der Waals surface area contributed by atoms with Gasteiger partial charge < -0.3 is 5.32 Å². The number of benzene rings is 2. The maximum atomic E-state index is 3.39. The summed E-state index contributed by atoms with van der Waals surface area (Å²) in [5.41, 5.74) is 4.03. The zero-order valence-electron chi connectivity index (χ0n) is 10.9. The Balaban J connectivity index is 0.00000162. The molecule has 0 aliphatic carbocycles. The van der Waals surface area contributed by atoms with Crippen LogP contribution in [0.1, 0.15) is 22.7 Å². The number of nitrogens with one attached hydrogen (secondary N) is 1. The van der Waals surface area contributed by atoms with Crippen molar-refractivity contribution in [3.63, 3.8) is 0 Å². The first-order chi connectivity index (χ1) is 8.29. The molecule has 1 nitrogen and oxygen atoms in total. The van der Waals surface area contributed by atoms with Crippen LogP contribution >= 0.6 is 12.4 Å². The van der Waals surface area contributed by atoms with E-state index in [1.54, 1.807) is 0 Å². The standard InChI is InChI=1S/C16H19N.ClH/c1-13-8-10-15(11-9-13)16(17-2)12-14-6-4-3-5-7-14;/h3-11,16-17H,12H2,1-2H3;1H. The minimum Gasteiger partial charge on any atom is -0.313 e. The lowest BCUT2D eigenvalue weighted by molar-refractivity contribution is 0.592.